The maximum absolute atomic E-state index is 9.84. The molecule has 0 radical (unpaired) electrons. The predicted octanol–water partition coefficient (Wildman–Crippen LogP) is 2.76. The highest BCUT2D eigenvalue weighted by molar-refractivity contribution is 5.27. The fraction of sp³-hybridized carbons (Fsp3) is 0.571. The zero-order valence-electron chi connectivity index (χ0n) is 9.60. The second-order valence-corrected chi connectivity index (χ2v) is 4.68. The monoisotopic (exact) mass is 220 g/mol. The quantitative estimate of drug-likeness (QED) is 0.801. The number of hydrogen-bond acceptors (Lipinski definition) is 2. The van der Waals surface area contributed by atoms with Gasteiger partial charge in [-0.3, -0.25) is 0 Å². The standard InChI is InChI=1S/C14H20O2/c15-10-2-5-14(16)13-8-6-12(7-9-13)11-3-1-4-11/h6-9,11,14-16H,1-5,10H2. The molecule has 1 aliphatic rings. The van der Waals surface area contributed by atoms with E-state index in [4.69, 9.17) is 5.11 Å². The van der Waals surface area contributed by atoms with Crippen molar-refractivity contribution in [2.24, 2.45) is 0 Å². The van der Waals surface area contributed by atoms with Gasteiger partial charge in [0.2, 0.25) is 0 Å². The largest absolute Gasteiger partial charge is 0.396 e. The summed E-state index contributed by atoms with van der Waals surface area (Å²) in [6.45, 7) is 0.150. The molecule has 2 nitrogen and oxygen atoms in total. The lowest BCUT2D eigenvalue weighted by Gasteiger charge is -2.26. The van der Waals surface area contributed by atoms with Gasteiger partial charge in [0.15, 0.2) is 0 Å². The summed E-state index contributed by atoms with van der Waals surface area (Å²) in [4.78, 5) is 0. The maximum atomic E-state index is 9.84. The van der Waals surface area contributed by atoms with E-state index in [9.17, 15) is 5.11 Å². The summed E-state index contributed by atoms with van der Waals surface area (Å²) in [5, 5.41) is 18.5. The molecule has 2 heteroatoms. The van der Waals surface area contributed by atoms with E-state index in [-0.39, 0.29) is 6.61 Å². The van der Waals surface area contributed by atoms with Crippen LogP contribution in [0.4, 0.5) is 0 Å². The molecule has 0 bridgehead atoms. The van der Waals surface area contributed by atoms with E-state index < -0.39 is 6.10 Å². The van der Waals surface area contributed by atoms with Crippen LogP contribution in [0.2, 0.25) is 0 Å². The van der Waals surface area contributed by atoms with E-state index in [0.29, 0.717) is 12.8 Å². The van der Waals surface area contributed by atoms with Gasteiger partial charge in [-0.15, -0.1) is 0 Å². The van der Waals surface area contributed by atoms with Crippen LogP contribution < -0.4 is 0 Å². The number of benzene rings is 1. The summed E-state index contributed by atoms with van der Waals surface area (Å²) < 4.78 is 0. The molecule has 0 aromatic heterocycles. The first-order valence-corrected chi connectivity index (χ1v) is 6.20. The highest BCUT2D eigenvalue weighted by atomic mass is 16.3. The van der Waals surface area contributed by atoms with Crippen LogP contribution in [-0.2, 0) is 0 Å². The Kier molecular flexibility index (Phi) is 3.97. The number of aliphatic hydroxyl groups excluding tert-OH is 2. The van der Waals surface area contributed by atoms with E-state index >= 15 is 0 Å². The van der Waals surface area contributed by atoms with Crippen molar-refractivity contribution in [2.45, 2.75) is 44.1 Å². The average molecular weight is 220 g/mol. The first kappa shape index (κ1) is 11.6. The molecule has 2 rings (SSSR count). The molecule has 0 aliphatic heterocycles. The molecule has 0 spiro atoms. The third kappa shape index (κ3) is 2.63. The van der Waals surface area contributed by atoms with E-state index in [0.717, 1.165) is 11.5 Å². The number of aliphatic hydroxyl groups is 2. The number of rotatable bonds is 5. The zero-order valence-corrected chi connectivity index (χ0v) is 9.60. The van der Waals surface area contributed by atoms with Crippen molar-refractivity contribution in [3.8, 4) is 0 Å². The molecule has 2 N–H and O–H groups in total. The molecular formula is C14H20O2. The van der Waals surface area contributed by atoms with Gasteiger partial charge in [0.05, 0.1) is 6.10 Å². The van der Waals surface area contributed by atoms with Gasteiger partial charge in [0.25, 0.3) is 0 Å². The Hall–Kier alpha value is -0.860. The lowest BCUT2D eigenvalue weighted by molar-refractivity contribution is 0.152. The molecule has 1 aliphatic carbocycles. The van der Waals surface area contributed by atoms with Crippen molar-refractivity contribution in [3.05, 3.63) is 35.4 Å². The molecule has 1 atom stereocenters. The summed E-state index contributed by atoms with van der Waals surface area (Å²) in [6, 6.07) is 8.33. The normalized spacial score (nSPS) is 18.1. The number of hydrogen-bond donors (Lipinski definition) is 2. The molecule has 1 aromatic rings. The van der Waals surface area contributed by atoms with Gasteiger partial charge in [0, 0.05) is 6.61 Å². The molecule has 1 unspecified atom stereocenters. The van der Waals surface area contributed by atoms with Crippen LogP contribution in [0.5, 0.6) is 0 Å². The fourth-order valence-electron chi connectivity index (χ4n) is 2.18. The molecule has 0 heterocycles. The Morgan fingerprint density at radius 2 is 1.88 bits per heavy atom. The minimum Gasteiger partial charge on any atom is -0.396 e. The maximum Gasteiger partial charge on any atom is 0.0790 e. The Morgan fingerprint density at radius 3 is 2.38 bits per heavy atom. The third-order valence-corrected chi connectivity index (χ3v) is 3.53. The Labute approximate surface area is 96.9 Å². The summed E-state index contributed by atoms with van der Waals surface area (Å²) in [6.07, 6.45) is 4.84. The van der Waals surface area contributed by atoms with Crippen molar-refractivity contribution in [1.82, 2.24) is 0 Å². The van der Waals surface area contributed by atoms with Crippen LogP contribution in [0.3, 0.4) is 0 Å². The molecule has 88 valence electrons. The van der Waals surface area contributed by atoms with Crippen LogP contribution >= 0.6 is 0 Å². The zero-order chi connectivity index (χ0) is 11.4. The summed E-state index contributed by atoms with van der Waals surface area (Å²) >= 11 is 0. The van der Waals surface area contributed by atoms with Crippen molar-refractivity contribution in [2.75, 3.05) is 6.61 Å². The van der Waals surface area contributed by atoms with Crippen molar-refractivity contribution < 1.29 is 10.2 Å². The SMILES string of the molecule is OCCCC(O)c1ccc(C2CCC2)cc1. The van der Waals surface area contributed by atoms with Crippen LogP contribution in [0, 0.1) is 0 Å². The Morgan fingerprint density at radius 1 is 1.19 bits per heavy atom. The molecule has 1 saturated carbocycles. The van der Waals surface area contributed by atoms with Gasteiger partial charge >= 0.3 is 0 Å². The first-order valence-electron chi connectivity index (χ1n) is 6.20. The topological polar surface area (TPSA) is 40.5 Å². The highest BCUT2D eigenvalue weighted by Crippen LogP contribution is 2.36. The molecule has 0 saturated heterocycles. The van der Waals surface area contributed by atoms with Gasteiger partial charge in [-0.1, -0.05) is 30.7 Å². The minimum atomic E-state index is -0.428. The van der Waals surface area contributed by atoms with Gasteiger partial charge < -0.3 is 10.2 Å². The molecule has 1 fully saturated rings. The molecule has 0 amide bonds. The Bertz CT molecular complexity index is 314. The lowest BCUT2D eigenvalue weighted by atomic mass is 9.80. The second kappa shape index (κ2) is 5.46. The van der Waals surface area contributed by atoms with E-state index in [1.165, 1.54) is 24.8 Å². The van der Waals surface area contributed by atoms with Crippen LogP contribution in [-0.4, -0.2) is 16.8 Å². The Balaban J connectivity index is 1.95. The summed E-state index contributed by atoms with van der Waals surface area (Å²) in [7, 11) is 0. The van der Waals surface area contributed by atoms with Crippen LogP contribution in [0.15, 0.2) is 24.3 Å². The summed E-state index contributed by atoms with van der Waals surface area (Å²) in [5.41, 5.74) is 2.38. The molecule has 1 aromatic carbocycles. The first-order chi connectivity index (χ1) is 7.81. The minimum absolute atomic E-state index is 0.150. The van der Waals surface area contributed by atoms with Gasteiger partial charge in [-0.2, -0.15) is 0 Å². The predicted molar refractivity (Wildman–Crippen MR) is 64.3 cm³/mol. The van der Waals surface area contributed by atoms with E-state index in [1.807, 2.05) is 12.1 Å². The highest BCUT2D eigenvalue weighted by Gasteiger charge is 2.19. The van der Waals surface area contributed by atoms with Gasteiger partial charge in [-0.05, 0) is 42.7 Å². The molecule has 16 heavy (non-hydrogen) atoms. The molecular weight excluding hydrogens is 200 g/mol. The van der Waals surface area contributed by atoms with Crippen molar-refractivity contribution >= 4 is 0 Å². The van der Waals surface area contributed by atoms with Crippen molar-refractivity contribution in [1.29, 1.82) is 0 Å². The summed E-state index contributed by atoms with van der Waals surface area (Å²) in [5.74, 6) is 0.753. The smallest absolute Gasteiger partial charge is 0.0790 e. The fourth-order valence-corrected chi connectivity index (χ4v) is 2.18. The van der Waals surface area contributed by atoms with Gasteiger partial charge in [0.1, 0.15) is 0 Å². The van der Waals surface area contributed by atoms with E-state index in [2.05, 4.69) is 12.1 Å². The lowest BCUT2D eigenvalue weighted by Crippen LogP contribution is -2.08. The average Bonchev–Trinajstić information content (AvgIpc) is 2.24. The van der Waals surface area contributed by atoms with Crippen LogP contribution in [0.1, 0.15) is 55.3 Å². The van der Waals surface area contributed by atoms with Crippen LogP contribution in [0.25, 0.3) is 0 Å². The van der Waals surface area contributed by atoms with Gasteiger partial charge in [-0.25, -0.2) is 0 Å². The van der Waals surface area contributed by atoms with E-state index in [1.54, 1.807) is 0 Å². The second-order valence-electron chi connectivity index (χ2n) is 4.68. The third-order valence-electron chi connectivity index (χ3n) is 3.53. The van der Waals surface area contributed by atoms with Crippen molar-refractivity contribution in [3.63, 3.8) is 0 Å².